The Kier molecular flexibility index (Phi) is 8.38. The molecule has 0 unspecified atom stereocenters. The maximum absolute atomic E-state index is 13.2. The number of halogens is 3. The topological polar surface area (TPSA) is 117 Å². The summed E-state index contributed by atoms with van der Waals surface area (Å²) in [5, 5.41) is 23.3. The fourth-order valence-electron chi connectivity index (χ4n) is 3.34. The highest BCUT2D eigenvalue weighted by Gasteiger charge is 2.32. The molecule has 0 saturated carbocycles. The fraction of sp³-hybridized carbons (Fsp3) is 0.200. The van der Waals surface area contributed by atoms with Gasteiger partial charge >= 0.3 is 18.2 Å². The fourth-order valence-corrected chi connectivity index (χ4v) is 3.34. The van der Waals surface area contributed by atoms with Gasteiger partial charge in [-0.15, -0.1) is 0 Å². The van der Waals surface area contributed by atoms with Gasteiger partial charge in [0.2, 0.25) is 0 Å². The Balaban J connectivity index is 1.68. The molecule has 0 aliphatic carbocycles. The zero-order valence-electron chi connectivity index (χ0n) is 19.1. The van der Waals surface area contributed by atoms with Gasteiger partial charge in [0.1, 0.15) is 18.1 Å². The van der Waals surface area contributed by atoms with Crippen molar-refractivity contribution >= 4 is 17.7 Å². The molecule has 3 rings (SSSR count). The van der Waals surface area contributed by atoms with Crippen LogP contribution in [0.25, 0.3) is 0 Å². The van der Waals surface area contributed by atoms with Crippen molar-refractivity contribution < 1.29 is 42.4 Å². The lowest BCUT2D eigenvalue weighted by Crippen LogP contribution is -2.29. The van der Waals surface area contributed by atoms with Crippen molar-refractivity contribution in [2.75, 3.05) is 12.4 Å². The van der Waals surface area contributed by atoms with E-state index in [1.807, 2.05) is 0 Å². The van der Waals surface area contributed by atoms with E-state index < -0.39 is 30.3 Å². The first kappa shape index (κ1) is 26.4. The SMILES string of the molecule is COc1c(CO)cc(C(F)(F)F)cc1NC(=O)NCc1ccccc1OCc1ccc(C(=O)O)cc1. The van der Waals surface area contributed by atoms with Crippen LogP contribution in [0.15, 0.2) is 60.7 Å². The van der Waals surface area contributed by atoms with E-state index in [1.165, 1.54) is 19.2 Å². The van der Waals surface area contributed by atoms with Crippen LogP contribution in [0.5, 0.6) is 11.5 Å². The minimum atomic E-state index is -4.69. The molecule has 4 N–H and O–H groups in total. The number of nitrogens with one attached hydrogen (secondary N) is 2. The predicted octanol–water partition coefficient (Wildman–Crippen LogP) is 4.81. The summed E-state index contributed by atoms with van der Waals surface area (Å²) in [6, 6.07) is 13.7. The maximum Gasteiger partial charge on any atom is 0.416 e. The number of benzene rings is 3. The Bertz CT molecular complexity index is 1230. The molecule has 0 heterocycles. The lowest BCUT2D eigenvalue weighted by molar-refractivity contribution is -0.137. The van der Waals surface area contributed by atoms with E-state index in [2.05, 4.69) is 10.6 Å². The number of aromatic carboxylic acids is 1. The lowest BCUT2D eigenvalue weighted by Gasteiger charge is -2.17. The number of hydrogen-bond acceptors (Lipinski definition) is 5. The molecule has 8 nitrogen and oxygen atoms in total. The van der Waals surface area contributed by atoms with Crippen LogP contribution in [-0.2, 0) is 25.9 Å². The molecule has 2 amide bonds. The number of anilines is 1. The molecule has 11 heteroatoms. The van der Waals surface area contributed by atoms with Crippen LogP contribution in [0.2, 0.25) is 0 Å². The highest BCUT2D eigenvalue weighted by Crippen LogP contribution is 2.38. The van der Waals surface area contributed by atoms with Crippen LogP contribution in [0.3, 0.4) is 0 Å². The molecule has 0 fully saturated rings. The molecule has 0 radical (unpaired) electrons. The van der Waals surface area contributed by atoms with Gasteiger partial charge in [0, 0.05) is 17.7 Å². The first-order valence-corrected chi connectivity index (χ1v) is 10.6. The van der Waals surface area contributed by atoms with Crippen molar-refractivity contribution in [3.63, 3.8) is 0 Å². The molecule has 0 aliphatic rings. The number of urea groups is 1. The molecule has 0 bridgehead atoms. The second-order valence-electron chi connectivity index (χ2n) is 7.58. The second-order valence-corrected chi connectivity index (χ2v) is 7.58. The summed E-state index contributed by atoms with van der Waals surface area (Å²) in [7, 11) is 1.22. The Morgan fingerprint density at radius 1 is 1.00 bits per heavy atom. The highest BCUT2D eigenvalue weighted by atomic mass is 19.4. The third-order valence-corrected chi connectivity index (χ3v) is 5.12. The van der Waals surface area contributed by atoms with E-state index in [9.17, 15) is 27.9 Å². The summed E-state index contributed by atoms with van der Waals surface area (Å²) < 4.78 is 50.6. The van der Waals surface area contributed by atoms with Crippen molar-refractivity contribution in [1.29, 1.82) is 0 Å². The molecule has 0 atom stereocenters. The molecule has 0 aromatic heterocycles. The first-order valence-electron chi connectivity index (χ1n) is 10.6. The number of carboxylic acid groups (broad SMARTS) is 1. The number of amides is 2. The van der Waals surface area contributed by atoms with E-state index >= 15 is 0 Å². The zero-order valence-corrected chi connectivity index (χ0v) is 19.1. The van der Waals surface area contributed by atoms with Gasteiger partial charge in [-0.1, -0.05) is 30.3 Å². The van der Waals surface area contributed by atoms with E-state index in [4.69, 9.17) is 14.6 Å². The minimum Gasteiger partial charge on any atom is -0.494 e. The number of ether oxygens (including phenoxy) is 2. The summed E-state index contributed by atoms with van der Waals surface area (Å²) in [6.45, 7) is -0.574. The number of aliphatic hydroxyl groups excluding tert-OH is 1. The minimum absolute atomic E-state index is 0.00586. The molecule has 36 heavy (non-hydrogen) atoms. The number of methoxy groups -OCH3 is 1. The molecule has 3 aromatic rings. The van der Waals surface area contributed by atoms with Gasteiger partial charge in [0.25, 0.3) is 0 Å². The van der Waals surface area contributed by atoms with Crippen molar-refractivity contribution in [3.05, 3.63) is 88.5 Å². The summed E-state index contributed by atoms with van der Waals surface area (Å²) in [5.74, 6) is -0.662. The van der Waals surface area contributed by atoms with Crippen molar-refractivity contribution in [3.8, 4) is 11.5 Å². The monoisotopic (exact) mass is 504 g/mol. The summed E-state index contributed by atoms with van der Waals surface area (Å²) in [5.41, 5.74) is 0.0651. The summed E-state index contributed by atoms with van der Waals surface area (Å²) >= 11 is 0. The lowest BCUT2D eigenvalue weighted by atomic mass is 10.1. The van der Waals surface area contributed by atoms with Gasteiger partial charge in [-0.2, -0.15) is 13.2 Å². The van der Waals surface area contributed by atoms with Gasteiger partial charge < -0.3 is 30.3 Å². The normalized spacial score (nSPS) is 11.0. The van der Waals surface area contributed by atoms with E-state index in [0.29, 0.717) is 11.3 Å². The number of carbonyl (C=O) groups is 2. The van der Waals surface area contributed by atoms with E-state index in [1.54, 1.807) is 36.4 Å². The number of aliphatic hydroxyl groups is 1. The molecule has 0 aliphatic heterocycles. The van der Waals surface area contributed by atoms with Crippen LogP contribution >= 0.6 is 0 Å². The Morgan fingerprint density at radius 3 is 2.31 bits per heavy atom. The second kappa shape index (κ2) is 11.5. The zero-order chi connectivity index (χ0) is 26.3. The van der Waals surface area contributed by atoms with Crippen molar-refractivity contribution in [2.24, 2.45) is 0 Å². The first-order chi connectivity index (χ1) is 17.1. The van der Waals surface area contributed by atoms with Crippen molar-refractivity contribution in [1.82, 2.24) is 5.32 Å². The van der Waals surface area contributed by atoms with Crippen LogP contribution in [0, 0.1) is 0 Å². The number of carboxylic acids is 1. The standard InChI is InChI=1S/C25H23F3N2O6/c1-35-22-18(13-31)10-19(25(26,27)28)11-20(22)30-24(34)29-12-17-4-2-3-5-21(17)36-14-15-6-8-16(9-7-15)23(32)33/h2-11,31H,12-14H2,1H3,(H,32,33)(H2,29,30,34). The Hall–Kier alpha value is -4.25. The molecular formula is C25H23F3N2O6. The number of para-hydroxylation sites is 1. The molecule has 3 aromatic carbocycles. The highest BCUT2D eigenvalue weighted by molar-refractivity contribution is 5.91. The average molecular weight is 504 g/mol. The molecular weight excluding hydrogens is 481 g/mol. The summed E-state index contributed by atoms with van der Waals surface area (Å²) in [6.07, 6.45) is -4.69. The van der Waals surface area contributed by atoms with Gasteiger partial charge in [0.05, 0.1) is 30.5 Å². The van der Waals surface area contributed by atoms with E-state index in [0.717, 1.165) is 17.7 Å². The maximum atomic E-state index is 13.2. The number of carbonyl (C=O) groups excluding carboxylic acids is 1. The van der Waals surface area contributed by atoms with Crippen LogP contribution in [0.1, 0.15) is 32.6 Å². The quantitative estimate of drug-likeness (QED) is 0.333. The van der Waals surface area contributed by atoms with Gasteiger partial charge in [0.15, 0.2) is 0 Å². The molecule has 0 spiro atoms. The third-order valence-electron chi connectivity index (χ3n) is 5.12. The van der Waals surface area contributed by atoms with Crippen LogP contribution < -0.4 is 20.1 Å². The largest absolute Gasteiger partial charge is 0.494 e. The van der Waals surface area contributed by atoms with Crippen LogP contribution in [-0.4, -0.2) is 29.3 Å². The number of alkyl halides is 3. The third kappa shape index (κ3) is 6.66. The van der Waals surface area contributed by atoms with Gasteiger partial charge in [-0.05, 0) is 35.9 Å². The molecule has 190 valence electrons. The van der Waals surface area contributed by atoms with E-state index in [-0.39, 0.29) is 35.7 Å². The van der Waals surface area contributed by atoms with Crippen molar-refractivity contribution in [2.45, 2.75) is 25.9 Å². The smallest absolute Gasteiger partial charge is 0.416 e. The number of hydrogen-bond donors (Lipinski definition) is 4. The summed E-state index contributed by atoms with van der Waals surface area (Å²) in [4.78, 5) is 23.4. The van der Waals surface area contributed by atoms with Gasteiger partial charge in [-0.25, -0.2) is 9.59 Å². The van der Waals surface area contributed by atoms with Crippen LogP contribution in [0.4, 0.5) is 23.7 Å². The predicted molar refractivity (Wildman–Crippen MR) is 124 cm³/mol. The Labute approximate surface area is 204 Å². The Morgan fingerprint density at radius 2 is 1.69 bits per heavy atom. The average Bonchev–Trinajstić information content (AvgIpc) is 2.85. The molecule has 0 saturated heterocycles. The number of rotatable bonds is 9. The van der Waals surface area contributed by atoms with Gasteiger partial charge in [-0.3, -0.25) is 0 Å².